The van der Waals surface area contributed by atoms with Crippen molar-refractivity contribution in [3.8, 4) is 0 Å². The molecule has 1 aromatic carbocycles. The fraction of sp³-hybridized carbons (Fsp3) is 0.714. The largest absolute Gasteiger partial charge is 0.313 e. The zero-order valence-corrected chi connectivity index (χ0v) is 14.5. The lowest BCUT2D eigenvalue weighted by Gasteiger charge is -2.60. The maximum atomic E-state index is 3.46. The van der Waals surface area contributed by atoms with E-state index in [1.165, 1.54) is 37.9 Å². The Bertz CT molecular complexity index is 571. The molecule has 1 heterocycles. The lowest BCUT2D eigenvalue weighted by Crippen LogP contribution is -2.58. The minimum atomic E-state index is 0.565. The van der Waals surface area contributed by atoms with E-state index in [-0.39, 0.29) is 0 Å². The lowest BCUT2D eigenvalue weighted by atomic mass is 9.52. The first kappa shape index (κ1) is 14.5. The number of hydrogen-bond acceptors (Lipinski definition) is 2. The number of fused-ring (bicyclic) bond motifs is 1. The standard InChI is InChI=1S/C21H30N2/c1-2-22-12-15-3-4-19-13-23(14-20(19)8-15)21-9-16-5-17(10-21)7-18(6-16)11-21/h3-4,8,16-18,22H,2,5-7,9-14H2,1H3. The van der Waals surface area contributed by atoms with E-state index in [9.17, 15) is 0 Å². The van der Waals surface area contributed by atoms with Gasteiger partial charge in [0.1, 0.15) is 0 Å². The van der Waals surface area contributed by atoms with Gasteiger partial charge >= 0.3 is 0 Å². The minimum absolute atomic E-state index is 0.565. The molecule has 4 aliphatic carbocycles. The number of nitrogens with zero attached hydrogens (tertiary/aromatic N) is 1. The molecule has 0 atom stereocenters. The highest BCUT2D eigenvalue weighted by molar-refractivity contribution is 5.35. The Hall–Kier alpha value is -0.860. The zero-order chi connectivity index (χ0) is 15.4. The fourth-order valence-electron chi connectivity index (χ4n) is 6.61. The quantitative estimate of drug-likeness (QED) is 0.901. The van der Waals surface area contributed by atoms with Crippen molar-refractivity contribution in [3.63, 3.8) is 0 Å². The molecule has 124 valence electrons. The zero-order valence-electron chi connectivity index (χ0n) is 14.5. The van der Waals surface area contributed by atoms with Gasteiger partial charge in [0.05, 0.1) is 0 Å². The SMILES string of the molecule is CCNCc1ccc2c(c1)CN(C13CC4CC(CC(C4)C1)C3)C2. The second-order valence-electron chi connectivity index (χ2n) is 8.88. The monoisotopic (exact) mass is 310 g/mol. The first-order chi connectivity index (χ1) is 11.2. The van der Waals surface area contributed by atoms with Crippen molar-refractivity contribution in [1.82, 2.24) is 10.2 Å². The molecule has 1 N–H and O–H groups in total. The van der Waals surface area contributed by atoms with E-state index >= 15 is 0 Å². The van der Waals surface area contributed by atoms with E-state index in [1.807, 2.05) is 0 Å². The maximum absolute atomic E-state index is 3.46. The van der Waals surface area contributed by atoms with Gasteiger partial charge in [0.25, 0.3) is 0 Å². The molecule has 0 unspecified atom stereocenters. The predicted molar refractivity (Wildman–Crippen MR) is 94.0 cm³/mol. The van der Waals surface area contributed by atoms with Gasteiger partial charge in [-0.1, -0.05) is 25.1 Å². The van der Waals surface area contributed by atoms with Crippen LogP contribution in [0.4, 0.5) is 0 Å². The van der Waals surface area contributed by atoms with Gasteiger partial charge in [-0.25, -0.2) is 0 Å². The van der Waals surface area contributed by atoms with E-state index in [2.05, 4.69) is 35.3 Å². The fourth-order valence-corrected chi connectivity index (χ4v) is 6.61. The average molecular weight is 310 g/mol. The van der Waals surface area contributed by atoms with E-state index < -0.39 is 0 Å². The number of nitrogens with one attached hydrogen (secondary N) is 1. The molecule has 0 radical (unpaired) electrons. The Labute approximate surface area is 140 Å². The summed E-state index contributed by atoms with van der Waals surface area (Å²) in [5, 5.41) is 3.46. The highest BCUT2D eigenvalue weighted by Gasteiger charge is 2.54. The maximum Gasteiger partial charge on any atom is 0.0246 e. The Morgan fingerprint density at radius 3 is 2.30 bits per heavy atom. The van der Waals surface area contributed by atoms with Crippen LogP contribution in [-0.2, 0) is 19.6 Å². The van der Waals surface area contributed by atoms with Crippen molar-refractivity contribution in [2.75, 3.05) is 6.54 Å². The van der Waals surface area contributed by atoms with Crippen molar-refractivity contribution in [2.45, 2.75) is 70.6 Å². The van der Waals surface area contributed by atoms with Crippen LogP contribution in [0.25, 0.3) is 0 Å². The summed E-state index contributed by atoms with van der Waals surface area (Å²) in [5.41, 5.74) is 5.23. The normalized spacial score (nSPS) is 38.2. The van der Waals surface area contributed by atoms with E-state index in [0.717, 1.165) is 30.8 Å². The molecular weight excluding hydrogens is 280 g/mol. The Kier molecular flexibility index (Phi) is 3.35. The number of hydrogen-bond donors (Lipinski definition) is 1. The van der Waals surface area contributed by atoms with Crippen molar-refractivity contribution in [3.05, 3.63) is 34.9 Å². The summed E-state index contributed by atoms with van der Waals surface area (Å²) in [7, 11) is 0. The van der Waals surface area contributed by atoms with Gasteiger partial charge in [-0.05, 0) is 79.5 Å². The van der Waals surface area contributed by atoms with Crippen LogP contribution >= 0.6 is 0 Å². The van der Waals surface area contributed by atoms with Crippen molar-refractivity contribution in [2.24, 2.45) is 17.8 Å². The molecule has 2 nitrogen and oxygen atoms in total. The average Bonchev–Trinajstić information content (AvgIpc) is 2.95. The highest BCUT2D eigenvalue weighted by atomic mass is 15.2. The summed E-state index contributed by atoms with van der Waals surface area (Å²) < 4.78 is 0. The molecule has 4 saturated carbocycles. The van der Waals surface area contributed by atoms with Crippen LogP contribution in [-0.4, -0.2) is 17.0 Å². The van der Waals surface area contributed by atoms with Crippen LogP contribution in [0.3, 0.4) is 0 Å². The third kappa shape index (κ3) is 2.37. The second-order valence-corrected chi connectivity index (χ2v) is 8.88. The first-order valence-corrected chi connectivity index (χ1v) is 9.80. The molecule has 0 spiro atoms. The molecule has 23 heavy (non-hydrogen) atoms. The molecule has 0 aromatic heterocycles. The van der Waals surface area contributed by atoms with Crippen molar-refractivity contribution in [1.29, 1.82) is 0 Å². The number of rotatable bonds is 4. The van der Waals surface area contributed by atoms with Crippen molar-refractivity contribution >= 4 is 0 Å². The summed E-state index contributed by atoms with van der Waals surface area (Å²) in [5.74, 6) is 3.15. The molecule has 6 rings (SSSR count). The van der Waals surface area contributed by atoms with E-state index in [0.29, 0.717) is 5.54 Å². The van der Waals surface area contributed by atoms with Gasteiger partial charge in [0.2, 0.25) is 0 Å². The van der Waals surface area contributed by atoms with Gasteiger partial charge in [0.15, 0.2) is 0 Å². The Balaban J connectivity index is 1.37. The summed E-state index contributed by atoms with van der Waals surface area (Å²) in [4.78, 5) is 2.89. The molecule has 4 bridgehead atoms. The molecule has 5 aliphatic rings. The van der Waals surface area contributed by atoms with Gasteiger partial charge in [-0.3, -0.25) is 4.90 Å². The van der Waals surface area contributed by atoms with Gasteiger partial charge < -0.3 is 5.32 Å². The van der Waals surface area contributed by atoms with E-state index in [4.69, 9.17) is 0 Å². The topological polar surface area (TPSA) is 15.3 Å². The molecule has 1 aromatic rings. The van der Waals surface area contributed by atoms with Crippen molar-refractivity contribution < 1.29 is 0 Å². The molecule has 1 aliphatic heterocycles. The van der Waals surface area contributed by atoms with Crippen LogP contribution in [0.5, 0.6) is 0 Å². The molecular formula is C21H30N2. The number of benzene rings is 1. The molecule has 0 amide bonds. The molecule has 4 fully saturated rings. The molecule has 0 saturated heterocycles. The third-order valence-corrected chi connectivity index (χ3v) is 7.25. The van der Waals surface area contributed by atoms with Crippen LogP contribution in [0, 0.1) is 17.8 Å². The smallest absolute Gasteiger partial charge is 0.0246 e. The lowest BCUT2D eigenvalue weighted by molar-refractivity contribution is -0.0915. The minimum Gasteiger partial charge on any atom is -0.313 e. The van der Waals surface area contributed by atoms with Gasteiger partial charge in [0, 0.05) is 25.2 Å². The Morgan fingerprint density at radius 1 is 1.00 bits per heavy atom. The third-order valence-electron chi connectivity index (χ3n) is 7.25. The van der Waals surface area contributed by atoms with Gasteiger partial charge in [-0.15, -0.1) is 0 Å². The van der Waals surface area contributed by atoms with Crippen LogP contribution in [0.1, 0.15) is 62.1 Å². The summed E-state index contributed by atoms with van der Waals surface area (Å²) >= 11 is 0. The Morgan fingerprint density at radius 2 is 1.65 bits per heavy atom. The predicted octanol–water partition coefficient (Wildman–Crippen LogP) is 4.08. The van der Waals surface area contributed by atoms with Crippen LogP contribution in [0.15, 0.2) is 18.2 Å². The summed E-state index contributed by atoms with van der Waals surface area (Å²) in [6.07, 6.45) is 9.14. The second kappa shape index (κ2) is 5.32. The highest BCUT2D eigenvalue weighted by Crippen LogP contribution is 2.58. The first-order valence-electron chi connectivity index (χ1n) is 9.80. The van der Waals surface area contributed by atoms with Crippen LogP contribution < -0.4 is 5.32 Å². The van der Waals surface area contributed by atoms with Crippen LogP contribution in [0.2, 0.25) is 0 Å². The molecule has 2 heteroatoms. The summed E-state index contributed by atoms with van der Waals surface area (Å²) in [6, 6.07) is 7.21. The summed E-state index contributed by atoms with van der Waals surface area (Å²) in [6.45, 7) is 6.67. The van der Waals surface area contributed by atoms with E-state index in [1.54, 1.807) is 30.4 Å². The van der Waals surface area contributed by atoms with Gasteiger partial charge in [-0.2, -0.15) is 0 Å².